The highest BCUT2D eigenvalue weighted by atomic mass is 35.5. The van der Waals surface area contributed by atoms with E-state index in [0.29, 0.717) is 21.7 Å². The average Bonchev–Trinajstić information content (AvgIpc) is 2.97. The Morgan fingerprint density at radius 1 is 1.60 bits per heavy atom. The molecule has 8 heteroatoms. The topological polar surface area (TPSA) is 72.2 Å². The highest BCUT2D eigenvalue weighted by molar-refractivity contribution is 7.85. The van der Waals surface area contributed by atoms with Crippen molar-refractivity contribution in [3.63, 3.8) is 0 Å². The summed E-state index contributed by atoms with van der Waals surface area (Å²) in [6.07, 6.45) is 0. The van der Waals surface area contributed by atoms with Crippen molar-refractivity contribution in [3.8, 4) is 0 Å². The lowest BCUT2D eigenvalue weighted by Gasteiger charge is -2.09. The van der Waals surface area contributed by atoms with Gasteiger partial charge in [0.15, 0.2) is 5.82 Å². The molecule has 2 rings (SSSR count). The minimum absolute atomic E-state index is 0.309. The fourth-order valence-electron chi connectivity index (χ4n) is 1.47. The third kappa shape index (κ3) is 3.91. The number of anilines is 1. The number of hydrogen-bond acceptors (Lipinski definition) is 5. The van der Waals surface area contributed by atoms with Gasteiger partial charge in [-0.3, -0.25) is 9.00 Å². The van der Waals surface area contributed by atoms with Crippen molar-refractivity contribution in [3.05, 3.63) is 33.2 Å². The van der Waals surface area contributed by atoms with Crippen LogP contribution in [0, 0.1) is 6.92 Å². The molecule has 20 heavy (non-hydrogen) atoms. The Labute approximate surface area is 127 Å². The molecule has 0 radical (unpaired) electrons. The summed E-state index contributed by atoms with van der Waals surface area (Å²) in [7, 11) is -1.32. The molecule has 0 saturated carbocycles. The summed E-state index contributed by atoms with van der Waals surface area (Å²) in [5.41, 5.74) is 0. The predicted molar refractivity (Wildman–Crippen MR) is 80.5 cm³/mol. The van der Waals surface area contributed by atoms with Crippen molar-refractivity contribution in [2.45, 2.75) is 24.9 Å². The summed E-state index contributed by atoms with van der Waals surface area (Å²) >= 11 is 7.18. The normalized spacial score (nSPS) is 13.9. The highest BCUT2D eigenvalue weighted by Crippen LogP contribution is 2.23. The number of aromatic nitrogens is 1. The van der Waals surface area contributed by atoms with Crippen LogP contribution in [0.3, 0.4) is 0 Å². The second-order valence-electron chi connectivity index (χ2n) is 4.19. The molecule has 0 aliphatic carbocycles. The molecule has 5 nitrogen and oxygen atoms in total. The fraction of sp³-hybridized carbons (Fsp3) is 0.333. The molecule has 1 amide bonds. The lowest BCUT2D eigenvalue weighted by molar-refractivity contribution is -0.115. The molecule has 2 aromatic heterocycles. The molecule has 0 aromatic carbocycles. The zero-order valence-electron chi connectivity index (χ0n) is 10.9. The fourth-order valence-corrected chi connectivity index (χ4v) is 3.86. The highest BCUT2D eigenvalue weighted by Gasteiger charge is 2.21. The molecule has 0 unspecified atom stereocenters. The molecule has 0 spiro atoms. The molecule has 0 aliphatic heterocycles. The maximum Gasteiger partial charge on any atom is 0.241 e. The lowest BCUT2D eigenvalue weighted by atomic mass is 10.4. The van der Waals surface area contributed by atoms with Crippen LogP contribution in [0.25, 0.3) is 0 Å². The van der Waals surface area contributed by atoms with E-state index in [-0.39, 0.29) is 5.91 Å². The Morgan fingerprint density at radius 2 is 2.35 bits per heavy atom. The number of aryl methyl sites for hydroxylation is 1. The third-order valence-corrected chi connectivity index (χ3v) is 5.57. The van der Waals surface area contributed by atoms with E-state index in [1.807, 2.05) is 6.07 Å². The van der Waals surface area contributed by atoms with Crippen LogP contribution in [-0.2, 0) is 21.3 Å². The number of nitrogens with zero attached hydrogens (tertiary/aromatic N) is 1. The first-order chi connectivity index (χ1) is 9.45. The largest absolute Gasteiger partial charge is 0.360 e. The average molecular weight is 333 g/mol. The molecular weight excluding hydrogens is 320 g/mol. The van der Waals surface area contributed by atoms with E-state index < -0.39 is 16.0 Å². The third-order valence-electron chi connectivity index (χ3n) is 2.56. The summed E-state index contributed by atoms with van der Waals surface area (Å²) in [4.78, 5) is 12.8. The minimum Gasteiger partial charge on any atom is -0.360 e. The first-order valence-electron chi connectivity index (χ1n) is 5.81. The summed E-state index contributed by atoms with van der Waals surface area (Å²) in [5, 5.41) is 5.59. The first-order valence-corrected chi connectivity index (χ1v) is 8.39. The number of hydrogen-bond donors (Lipinski definition) is 1. The van der Waals surface area contributed by atoms with E-state index in [4.69, 9.17) is 16.1 Å². The standard InChI is InChI=1S/C12H13ClN2O3S2/c1-7-5-11(15-18-7)14-12(16)8(2)20(17)6-9-3-4-10(13)19-9/h3-5,8H,6H2,1-2H3,(H,14,15,16)/t8-,20-/m1/s1. The maximum absolute atomic E-state index is 12.1. The Bertz CT molecular complexity index is 584. The van der Waals surface area contributed by atoms with Gasteiger partial charge in [-0.1, -0.05) is 16.8 Å². The van der Waals surface area contributed by atoms with Gasteiger partial charge in [0.25, 0.3) is 0 Å². The van der Waals surface area contributed by atoms with E-state index >= 15 is 0 Å². The van der Waals surface area contributed by atoms with Gasteiger partial charge in [0.05, 0.1) is 10.1 Å². The number of amides is 1. The molecule has 108 valence electrons. The van der Waals surface area contributed by atoms with Crippen molar-refractivity contribution >= 4 is 45.5 Å². The van der Waals surface area contributed by atoms with Crippen molar-refractivity contribution in [1.29, 1.82) is 0 Å². The van der Waals surface area contributed by atoms with E-state index in [2.05, 4.69) is 10.5 Å². The minimum atomic E-state index is -1.32. The van der Waals surface area contributed by atoms with Crippen LogP contribution in [0.2, 0.25) is 4.34 Å². The lowest BCUT2D eigenvalue weighted by Crippen LogP contribution is -2.29. The Morgan fingerprint density at radius 3 is 2.90 bits per heavy atom. The first kappa shape index (κ1) is 15.2. The zero-order chi connectivity index (χ0) is 14.7. The monoisotopic (exact) mass is 332 g/mol. The Kier molecular flexibility index (Phi) is 4.95. The predicted octanol–water partition coefficient (Wildman–Crippen LogP) is 2.97. The summed E-state index contributed by atoms with van der Waals surface area (Å²) in [6.45, 7) is 3.35. The van der Waals surface area contributed by atoms with E-state index in [9.17, 15) is 9.00 Å². The smallest absolute Gasteiger partial charge is 0.241 e. The van der Waals surface area contributed by atoms with Crippen LogP contribution < -0.4 is 5.32 Å². The molecule has 1 N–H and O–H groups in total. The van der Waals surface area contributed by atoms with Crippen LogP contribution in [0.5, 0.6) is 0 Å². The summed E-state index contributed by atoms with van der Waals surface area (Å²) < 4.78 is 17.6. The van der Waals surface area contributed by atoms with Gasteiger partial charge >= 0.3 is 0 Å². The van der Waals surface area contributed by atoms with Crippen LogP contribution in [0.4, 0.5) is 5.82 Å². The molecule has 0 bridgehead atoms. The Hall–Kier alpha value is -1.18. The van der Waals surface area contributed by atoms with Gasteiger partial charge < -0.3 is 9.84 Å². The molecule has 0 fully saturated rings. The van der Waals surface area contributed by atoms with E-state index in [1.54, 1.807) is 26.0 Å². The van der Waals surface area contributed by atoms with Crippen LogP contribution >= 0.6 is 22.9 Å². The second kappa shape index (κ2) is 6.51. The second-order valence-corrected chi connectivity index (χ2v) is 7.74. The van der Waals surface area contributed by atoms with Gasteiger partial charge in [-0.15, -0.1) is 11.3 Å². The number of carbonyl (C=O) groups excluding carboxylic acids is 1. The molecule has 2 aromatic rings. The van der Waals surface area contributed by atoms with Crippen LogP contribution in [0.15, 0.2) is 22.7 Å². The van der Waals surface area contributed by atoms with E-state index in [1.165, 1.54) is 11.3 Å². The molecule has 2 atom stereocenters. The van der Waals surface area contributed by atoms with Crippen molar-refractivity contribution in [1.82, 2.24) is 5.16 Å². The number of nitrogens with one attached hydrogen (secondary N) is 1. The van der Waals surface area contributed by atoms with Gasteiger partial charge in [0.1, 0.15) is 11.0 Å². The van der Waals surface area contributed by atoms with Crippen LogP contribution in [0.1, 0.15) is 17.6 Å². The summed E-state index contributed by atoms with van der Waals surface area (Å²) in [6, 6.07) is 5.17. The number of carbonyl (C=O) groups is 1. The van der Waals surface area contributed by atoms with Crippen LogP contribution in [-0.4, -0.2) is 20.5 Å². The van der Waals surface area contributed by atoms with Crippen molar-refractivity contribution < 1.29 is 13.5 Å². The molecule has 0 aliphatic rings. The van der Waals surface area contributed by atoms with Gasteiger partial charge in [0, 0.05) is 21.7 Å². The molecular formula is C12H13ClN2O3S2. The van der Waals surface area contributed by atoms with Gasteiger partial charge in [-0.05, 0) is 26.0 Å². The maximum atomic E-state index is 12.1. The SMILES string of the molecule is Cc1cc(NC(=O)[C@@H](C)[S@](=O)Cc2ccc(Cl)s2)no1. The zero-order valence-corrected chi connectivity index (χ0v) is 13.3. The van der Waals surface area contributed by atoms with Crippen molar-refractivity contribution in [2.75, 3.05) is 5.32 Å². The molecule has 2 heterocycles. The quantitative estimate of drug-likeness (QED) is 0.913. The number of rotatable bonds is 5. The summed E-state index contributed by atoms with van der Waals surface area (Å²) in [5.74, 6) is 0.890. The molecule has 0 saturated heterocycles. The Balaban J connectivity index is 1.94. The van der Waals surface area contributed by atoms with Gasteiger partial charge in [-0.2, -0.15) is 0 Å². The number of halogens is 1. The number of thiophene rings is 1. The van der Waals surface area contributed by atoms with Crippen molar-refractivity contribution in [2.24, 2.45) is 0 Å². The van der Waals surface area contributed by atoms with Gasteiger partial charge in [-0.25, -0.2) is 0 Å². The van der Waals surface area contributed by atoms with E-state index in [0.717, 1.165) is 4.88 Å². The van der Waals surface area contributed by atoms with Gasteiger partial charge in [0.2, 0.25) is 5.91 Å².